The van der Waals surface area contributed by atoms with Crippen molar-refractivity contribution >= 4 is 0 Å². The maximum absolute atomic E-state index is 6.37. The Kier molecular flexibility index (Phi) is 6.04. The molecule has 2 aliphatic rings. The molecule has 4 N–H and O–H groups in total. The Hall–Kier alpha value is -0.200. The zero-order valence-electron chi connectivity index (χ0n) is 12.6. The highest BCUT2D eigenvalue weighted by Gasteiger charge is 2.33. The van der Waals surface area contributed by atoms with Crippen LogP contribution in [-0.4, -0.2) is 54.5 Å². The summed E-state index contributed by atoms with van der Waals surface area (Å²) in [4.78, 5) is 2.55. The molecule has 0 aliphatic carbocycles. The van der Waals surface area contributed by atoms with Crippen molar-refractivity contribution in [3.63, 3.8) is 0 Å². The Morgan fingerprint density at radius 3 is 2.74 bits per heavy atom. The fourth-order valence-corrected chi connectivity index (χ4v) is 3.18. The predicted octanol–water partition coefficient (Wildman–Crippen LogP) is 0.682. The number of piperidine rings is 1. The number of hydrazine groups is 1. The molecule has 0 aromatic heterocycles. The summed E-state index contributed by atoms with van der Waals surface area (Å²) in [7, 11) is 0. The molecule has 0 aromatic rings. The molecule has 5 nitrogen and oxygen atoms in total. The van der Waals surface area contributed by atoms with Gasteiger partial charge in [0.2, 0.25) is 0 Å². The molecule has 0 bridgehead atoms. The number of nitrogens with two attached hydrogens (primary N) is 1. The normalized spacial score (nSPS) is 33.9. The molecule has 3 unspecified atom stereocenters. The first kappa shape index (κ1) is 15.2. The molecular formula is C14H31N5. The number of hydrogen-bond donors (Lipinski definition) is 3. The molecule has 2 saturated heterocycles. The van der Waals surface area contributed by atoms with Crippen LogP contribution >= 0.6 is 0 Å². The minimum atomic E-state index is 0.263. The quantitative estimate of drug-likeness (QED) is 0.619. The van der Waals surface area contributed by atoms with Crippen LogP contribution in [-0.2, 0) is 0 Å². The van der Waals surface area contributed by atoms with Gasteiger partial charge in [0.05, 0.1) is 12.8 Å². The lowest BCUT2D eigenvalue weighted by atomic mass is 9.99. The number of unbranched alkanes of at least 4 members (excludes halogenated alkanes) is 3. The van der Waals surface area contributed by atoms with Gasteiger partial charge in [-0.05, 0) is 32.9 Å². The van der Waals surface area contributed by atoms with Crippen molar-refractivity contribution < 1.29 is 0 Å². The van der Waals surface area contributed by atoms with Gasteiger partial charge in [-0.2, -0.15) is 0 Å². The van der Waals surface area contributed by atoms with E-state index in [9.17, 15) is 0 Å². The molecule has 0 amide bonds. The van der Waals surface area contributed by atoms with Crippen LogP contribution in [0.1, 0.15) is 46.0 Å². The molecule has 2 aliphatic heterocycles. The van der Waals surface area contributed by atoms with Gasteiger partial charge in [0.15, 0.2) is 0 Å². The van der Waals surface area contributed by atoms with Crippen molar-refractivity contribution in [3.05, 3.63) is 0 Å². The van der Waals surface area contributed by atoms with E-state index in [-0.39, 0.29) is 6.04 Å². The second-order valence-corrected chi connectivity index (χ2v) is 6.06. The molecule has 19 heavy (non-hydrogen) atoms. The third-order valence-corrected chi connectivity index (χ3v) is 4.36. The van der Waals surface area contributed by atoms with Crippen molar-refractivity contribution in [2.24, 2.45) is 5.73 Å². The SMILES string of the molecule is CCCCCCN1CCC(N2CNC(C)N2)C(N)C1. The van der Waals surface area contributed by atoms with Gasteiger partial charge >= 0.3 is 0 Å². The maximum atomic E-state index is 6.37. The fraction of sp³-hybridized carbons (Fsp3) is 1.00. The monoisotopic (exact) mass is 269 g/mol. The smallest absolute Gasteiger partial charge is 0.0688 e. The van der Waals surface area contributed by atoms with E-state index in [1.165, 1.54) is 45.2 Å². The molecule has 2 fully saturated rings. The highest BCUT2D eigenvalue weighted by molar-refractivity contribution is 4.90. The lowest BCUT2D eigenvalue weighted by molar-refractivity contribution is 0.0713. The van der Waals surface area contributed by atoms with Gasteiger partial charge in [0.25, 0.3) is 0 Å². The van der Waals surface area contributed by atoms with Gasteiger partial charge in [-0.1, -0.05) is 26.2 Å². The van der Waals surface area contributed by atoms with Crippen LogP contribution in [0.15, 0.2) is 0 Å². The molecule has 0 spiro atoms. The molecule has 0 radical (unpaired) electrons. The largest absolute Gasteiger partial charge is 0.325 e. The lowest BCUT2D eigenvalue weighted by Gasteiger charge is -2.40. The van der Waals surface area contributed by atoms with Crippen LogP contribution in [0.5, 0.6) is 0 Å². The Balaban J connectivity index is 1.69. The van der Waals surface area contributed by atoms with Crippen LogP contribution in [0.2, 0.25) is 0 Å². The van der Waals surface area contributed by atoms with Crippen molar-refractivity contribution in [1.82, 2.24) is 20.7 Å². The van der Waals surface area contributed by atoms with E-state index < -0.39 is 0 Å². The van der Waals surface area contributed by atoms with E-state index in [0.717, 1.165) is 13.2 Å². The van der Waals surface area contributed by atoms with Crippen LogP contribution in [0.4, 0.5) is 0 Å². The van der Waals surface area contributed by atoms with Gasteiger partial charge in [-0.3, -0.25) is 5.32 Å². The third kappa shape index (κ3) is 4.39. The van der Waals surface area contributed by atoms with E-state index in [1.54, 1.807) is 0 Å². The van der Waals surface area contributed by atoms with Crippen LogP contribution < -0.4 is 16.5 Å². The second kappa shape index (κ2) is 7.55. The summed E-state index contributed by atoms with van der Waals surface area (Å²) in [5.74, 6) is 0. The zero-order chi connectivity index (χ0) is 13.7. The van der Waals surface area contributed by atoms with E-state index in [4.69, 9.17) is 5.73 Å². The van der Waals surface area contributed by atoms with Gasteiger partial charge in [0, 0.05) is 18.6 Å². The Bertz CT molecular complexity index is 260. The van der Waals surface area contributed by atoms with Crippen molar-refractivity contribution in [1.29, 1.82) is 0 Å². The van der Waals surface area contributed by atoms with E-state index in [0.29, 0.717) is 12.2 Å². The summed E-state index contributed by atoms with van der Waals surface area (Å²) >= 11 is 0. The molecule has 3 atom stereocenters. The number of hydrogen-bond acceptors (Lipinski definition) is 5. The molecular weight excluding hydrogens is 238 g/mol. The predicted molar refractivity (Wildman–Crippen MR) is 79.4 cm³/mol. The van der Waals surface area contributed by atoms with Crippen LogP contribution in [0.25, 0.3) is 0 Å². The minimum Gasteiger partial charge on any atom is -0.325 e. The van der Waals surface area contributed by atoms with E-state index in [1.807, 2.05) is 0 Å². The zero-order valence-corrected chi connectivity index (χ0v) is 12.6. The number of rotatable bonds is 6. The third-order valence-electron chi connectivity index (χ3n) is 4.36. The van der Waals surface area contributed by atoms with Crippen LogP contribution in [0, 0.1) is 0 Å². The molecule has 5 heteroatoms. The number of nitrogens with one attached hydrogen (secondary N) is 2. The average molecular weight is 269 g/mol. The number of nitrogens with zero attached hydrogens (tertiary/aromatic N) is 2. The lowest BCUT2D eigenvalue weighted by Crippen LogP contribution is -2.59. The van der Waals surface area contributed by atoms with Crippen molar-refractivity contribution in [2.75, 3.05) is 26.3 Å². The molecule has 112 valence electrons. The maximum Gasteiger partial charge on any atom is 0.0688 e. The highest BCUT2D eigenvalue weighted by atomic mass is 15.6. The Morgan fingerprint density at radius 1 is 1.26 bits per heavy atom. The van der Waals surface area contributed by atoms with E-state index in [2.05, 4.69) is 34.5 Å². The van der Waals surface area contributed by atoms with Crippen molar-refractivity contribution in [3.8, 4) is 0 Å². The van der Waals surface area contributed by atoms with Gasteiger partial charge in [-0.25, -0.2) is 10.4 Å². The van der Waals surface area contributed by atoms with Crippen molar-refractivity contribution in [2.45, 2.75) is 64.2 Å². The first-order valence-corrected chi connectivity index (χ1v) is 7.95. The first-order chi connectivity index (χ1) is 9.20. The highest BCUT2D eigenvalue weighted by Crippen LogP contribution is 2.16. The Morgan fingerprint density at radius 2 is 2.11 bits per heavy atom. The van der Waals surface area contributed by atoms with Gasteiger partial charge in [0.1, 0.15) is 0 Å². The van der Waals surface area contributed by atoms with Crippen LogP contribution in [0.3, 0.4) is 0 Å². The summed E-state index contributed by atoms with van der Waals surface area (Å²) in [6, 6.07) is 0.740. The molecule has 2 heterocycles. The van der Waals surface area contributed by atoms with E-state index >= 15 is 0 Å². The topological polar surface area (TPSA) is 56.6 Å². The second-order valence-electron chi connectivity index (χ2n) is 6.06. The summed E-state index contributed by atoms with van der Waals surface area (Å²) in [5.41, 5.74) is 9.83. The standard InChI is InChI=1S/C14H31N5/c1-3-4-5-6-8-18-9-7-14(13(15)10-18)19-11-16-12(2)17-19/h12-14,16-17H,3-11,15H2,1-2H3. The fourth-order valence-electron chi connectivity index (χ4n) is 3.18. The summed E-state index contributed by atoms with van der Waals surface area (Å²) in [6.07, 6.45) is 6.92. The molecule has 0 aromatic carbocycles. The minimum absolute atomic E-state index is 0.263. The van der Waals surface area contributed by atoms with Gasteiger partial charge < -0.3 is 10.6 Å². The summed E-state index contributed by atoms with van der Waals surface area (Å²) in [5, 5.41) is 5.69. The molecule has 2 rings (SSSR count). The number of likely N-dealkylation sites (tertiary alicyclic amines) is 1. The Labute approximate surface area is 117 Å². The summed E-state index contributed by atoms with van der Waals surface area (Å²) < 4.78 is 0. The average Bonchev–Trinajstić information content (AvgIpc) is 2.81. The summed E-state index contributed by atoms with van der Waals surface area (Å²) in [6.45, 7) is 8.78. The van der Waals surface area contributed by atoms with Gasteiger partial charge in [-0.15, -0.1) is 0 Å². The molecule has 0 saturated carbocycles. The first-order valence-electron chi connectivity index (χ1n) is 7.95.